The van der Waals surface area contributed by atoms with E-state index in [4.69, 9.17) is 0 Å². The smallest absolute Gasteiger partial charge is 0.0630 e. The van der Waals surface area contributed by atoms with Crippen molar-refractivity contribution in [3.63, 3.8) is 0 Å². The first-order chi connectivity index (χ1) is 10.2. The Kier molecular flexibility index (Phi) is 4.11. The van der Waals surface area contributed by atoms with E-state index in [0.717, 1.165) is 37.2 Å². The number of aromatic nitrogens is 2. The SMILES string of the molecule is CCc1cc(CC(O)C2Cc3ccccc3C2)n(CC)n1. The molecule has 0 aliphatic heterocycles. The molecule has 21 heavy (non-hydrogen) atoms. The molecule has 1 unspecified atom stereocenters. The van der Waals surface area contributed by atoms with Crippen LogP contribution >= 0.6 is 0 Å². The van der Waals surface area contributed by atoms with Gasteiger partial charge in [-0.25, -0.2) is 0 Å². The second-order valence-electron chi connectivity index (χ2n) is 6.00. The van der Waals surface area contributed by atoms with Gasteiger partial charge in [-0.3, -0.25) is 4.68 Å². The molecule has 0 spiro atoms. The van der Waals surface area contributed by atoms with Crippen LogP contribution in [0, 0.1) is 5.92 Å². The Morgan fingerprint density at radius 2 is 1.90 bits per heavy atom. The first-order valence-corrected chi connectivity index (χ1v) is 8.01. The van der Waals surface area contributed by atoms with Crippen LogP contribution in [0.3, 0.4) is 0 Å². The molecule has 0 bridgehead atoms. The zero-order valence-electron chi connectivity index (χ0n) is 12.9. The predicted octanol–water partition coefficient (Wildman–Crippen LogP) is 2.78. The van der Waals surface area contributed by atoms with Gasteiger partial charge in [-0.1, -0.05) is 31.2 Å². The summed E-state index contributed by atoms with van der Waals surface area (Å²) >= 11 is 0. The van der Waals surface area contributed by atoms with Gasteiger partial charge in [0, 0.05) is 18.7 Å². The van der Waals surface area contributed by atoms with Crippen LogP contribution in [0.2, 0.25) is 0 Å². The summed E-state index contributed by atoms with van der Waals surface area (Å²) in [6.45, 7) is 5.09. The molecule has 0 radical (unpaired) electrons. The van der Waals surface area contributed by atoms with Crippen molar-refractivity contribution in [1.29, 1.82) is 0 Å². The lowest BCUT2D eigenvalue weighted by atomic mass is 9.95. The van der Waals surface area contributed by atoms with Crippen LogP contribution in [-0.2, 0) is 32.2 Å². The molecule has 0 fully saturated rings. The second-order valence-corrected chi connectivity index (χ2v) is 6.00. The van der Waals surface area contributed by atoms with Crippen molar-refractivity contribution in [2.45, 2.75) is 52.2 Å². The third-order valence-electron chi connectivity index (χ3n) is 4.62. The lowest BCUT2D eigenvalue weighted by Gasteiger charge is -2.18. The second kappa shape index (κ2) is 6.02. The summed E-state index contributed by atoms with van der Waals surface area (Å²) < 4.78 is 2.03. The molecule has 0 amide bonds. The van der Waals surface area contributed by atoms with Crippen LogP contribution in [0.4, 0.5) is 0 Å². The summed E-state index contributed by atoms with van der Waals surface area (Å²) in [6.07, 6.45) is 3.37. The highest BCUT2D eigenvalue weighted by Gasteiger charge is 2.28. The molecule has 1 atom stereocenters. The fourth-order valence-electron chi connectivity index (χ4n) is 3.37. The number of hydrogen-bond donors (Lipinski definition) is 1. The highest BCUT2D eigenvalue weighted by atomic mass is 16.3. The van der Waals surface area contributed by atoms with E-state index in [2.05, 4.69) is 49.3 Å². The number of benzene rings is 1. The van der Waals surface area contributed by atoms with Crippen molar-refractivity contribution >= 4 is 0 Å². The normalized spacial score (nSPS) is 16.1. The van der Waals surface area contributed by atoms with Crippen molar-refractivity contribution in [2.75, 3.05) is 0 Å². The first kappa shape index (κ1) is 14.3. The van der Waals surface area contributed by atoms with Gasteiger partial charge >= 0.3 is 0 Å². The fraction of sp³-hybridized carbons (Fsp3) is 0.500. The molecule has 1 heterocycles. The zero-order chi connectivity index (χ0) is 14.8. The molecule has 3 nitrogen and oxygen atoms in total. The minimum absolute atomic E-state index is 0.288. The maximum Gasteiger partial charge on any atom is 0.0630 e. The highest BCUT2D eigenvalue weighted by molar-refractivity contribution is 5.32. The van der Waals surface area contributed by atoms with E-state index in [1.165, 1.54) is 11.1 Å². The number of rotatable bonds is 5. The third kappa shape index (κ3) is 2.88. The van der Waals surface area contributed by atoms with E-state index in [-0.39, 0.29) is 6.10 Å². The lowest BCUT2D eigenvalue weighted by Crippen LogP contribution is -2.24. The number of fused-ring (bicyclic) bond motifs is 1. The first-order valence-electron chi connectivity index (χ1n) is 8.01. The molecule has 2 aromatic rings. The largest absolute Gasteiger partial charge is 0.392 e. The molecule has 112 valence electrons. The van der Waals surface area contributed by atoms with E-state index >= 15 is 0 Å². The van der Waals surface area contributed by atoms with Crippen molar-refractivity contribution in [3.8, 4) is 0 Å². The summed E-state index contributed by atoms with van der Waals surface area (Å²) in [5, 5.41) is 15.2. The Morgan fingerprint density at radius 1 is 1.24 bits per heavy atom. The van der Waals surface area contributed by atoms with Crippen molar-refractivity contribution in [3.05, 3.63) is 52.8 Å². The Labute approximate surface area is 126 Å². The molecular weight excluding hydrogens is 260 g/mol. The minimum Gasteiger partial charge on any atom is -0.392 e. The molecular formula is C18H24N2O. The van der Waals surface area contributed by atoms with Gasteiger partial charge in [0.2, 0.25) is 0 Å². The zero-order valence-corrected chi connectivity index (χ0v) is 12.9. The van der Waals surface area contributed by atoms with Crippen LogP contribution in [-0.4, -0.2) is 21.0 Å². The van der Waals surface area contributed by atoms with Gasteiger partial charge in [0.05, 0.1) is 11.8 Å². The summed E-state index contributed by atoms with van der Waals surface area (Å²) in [7, 11) is 0. The number of aliphatic hydroxyl groups excluding tert-OH is 1. The Bertz CT molecular complexity index is 592. The van der Waals surface area contributed by atoms with Gasteiger partial charge in [-0.05, 0) is 49.3 Å². The van der Waals surface area contributed by atoms with Crippen LogP contribution < -0.4 is 0 Å². The molecule has 1 aliphatic rings. The van der Waals surface area contributed by atoms with Crippen LogP contribution in [0.5, 0.6) is 0 Å². The van der Waals surface area contributed by atoms with Gasteiger partial charge in [-0.2, -0.15) is 5.10 Å². The predicted molar refractivity (Wildman–Crippen MR) is 84.3 cm³/mol. The third-order valence-corrected chi connectivity index (χ3v) is 4.62. The molecule has 0 saturated carbocycles. The number of hydrogen-bond acceptors (Lipinski definition) is 2. The topological polar surface area (TPSA) is 38.0 Å². The summed E-state index contributed by atoms with van der Waals surface area (Å²) in [6, 6.07) is 10.7. The van der Waals surface area contributed by atoms with Crippen LogP contribution in [0.15, 0.2) is 30.3 Å². The van der Waals surface area contributed by atoms with Gasteiger partial charge < -0.3 is 5.11 Å². The Balaban J connectivity index is 1.70. The molecule has 3 heteroatoms. The monoisotopic (exact) mass is 284 g/mol. The number of nitrogens with zero attached hydrogens (tertiary/aromatic N) is 2. The van der Waals surface area contributed by atoms with Crippen LogP contribution in [0.25, 0.3) is 0 Å². The molecule has 0 saturated heterocycles. The maximum absolute atomic E-state index is 10.6. The Hall–Kier alpha value is -1.61. The minimum atomic E-state index is -0.288. The maximum atomic E-state index is 10.6. The quantitative estimate of drug-likeness (QED) is 0.917. The molecule has 1 aliphatic carbocycles. The standard InChI is InChI=1S/C18H24N2O/c1-3-16-11-17(20(4-2)19-16)12-18(21)15-9-13-7-5-6-8-14(13)10-15/h5-8,11,15,18,21H,3-4,9-10,12H2,1-2H3. The Morgan fingerprint density at radius 3 is 2.48 bits per heavy atom. The van der Waals surface area contributed by atoms with Crippen molar-refractivity contribution in [2.24, 2.45) is 5.92 Å². The van der Waals surface area contributed by atoms with Crippen molar-refractivity contribution < 1.29 is 5.11 Å². The fourth-order valence-corrected chi connectivity index (χ4v) is 3.37. The van der Waals surface area contributed by atoms with E-state index in [0.29, 0.717) is 12.3 Å². The van der Waals surface area contributed by atoms with E-state index in [1.807, 2.05) is 4.68 Å². The number of aryl methyl sites for hydroxylation is 2. The average molecular weight is 284 g/mol. The lowest BCUT2D eigenvalue weighted by molar-refractivity contribution is 0.110. The average Bonchev–Trinajstić information content (AvgIpc) is 3.10. The van der Waals surface area contributed by atoms with Gasteiger partial charge in [0.25, 0.3) is 0 Å². The number of aliphatic hydroxyl groups is 1. The van der Waals surface area contributed by atoms with Gasteiger partial charge in [0.15, 0.2) is 0 Å². The van der Waals surface area contributed by atoms with E-state index in [1.54, 1.807) is 0 Å². The molecule has 1 N–H and O–H groups in total. The summed E-state index contributed by atoms with van der Waals surface area (Å²) in [5.41, 5.74) is 5.09. The molecule has 1 aromatic carbocycles. The van der Waals surface area contributed by atoms with Crippen LogP contribution in [0.1, 0.15) is 36.4 Å². The van der Waals surface area contributed by atoms with E-state index < -0.39 is 0 Å². The van der Waals surface area contributed by atoms with Crippen molar-refractivity contribution in [1.82, 2.24) is 9.78 Å². The van der Waals surface area contributed by atoms with Gasteiger partial charge in [0.1, 0.15) is 0 Å². The molecule has 1 aromatic heterocycles. The summed E-state index contributed by atoms with van der Waals surface area (Å²) in [5.74, 6) is 0.340. The van der Waals surface area contributed by atoms with E-state index in [9.17, 15) is 5.11 Å². The van der Waals surface area contributed by atoms with Gasteiger partial charge in [-0.15, -0.1) is 0 Å². The summed E-state index contributed by atoms with van der Waals surface area (Å²) in [4.78, 5) is 0. The molecule has 3 rings (SSSR count). The highest BCUT2D eigenvalue weighted by Crippen LogP contribution is 2.29.